The molecule has 0 heterocycles. The summed E-state index contributed by atoms with van der Waals surface area (Å²) in [6.45, 7) is 4.21. The van der Waals surface area contributed by atoms with Crippen LogP contribution in [0.2, 0.25) is 0 Å². The van der Waals surface area contributed by atoms with Crippen molar-refractivity contribution in [1.29, 1.82) is 0 Å². The highest BCUT2D eigenvalue weighted by molar-refractivity contribution is 5.96. The number of hydrogen-bond donors (Lipinski definition) is 1. The molecule has 0 spiro atoms. The Morgan fingerprint density at radius 2 is 1.16 bits per heavy atom. The van der Waals surface area contributed by atoms with Gasteiger partial charge in [0.05, 0.1) is 36.6 Å². The van der Waals surface area contributed by atoms with E-state index in [1.165, 1.54) is 108 Å². The van der Waals surface area contributed by atoms with Crippen LogP contribution in [0.1, 0.15) is 126 Å². The summed E-state index contributed by atoms with van der Waals surface area (Å²) in [6.07, 6.45) is 17.1. The number of alkyl halides is 3. The lowest BCUT2D eigenvalue weighted by molar-refractivity contribution is -0.137. The van der Waals surface area contributed by atoms with Crippen LogP contribution in [0.5, 0.6) is 0 Å². The predicted octanol–water partition coefficient (Wildman–Crippen LogP) is 10.9. The molecule has 0 aliphatic carbocycles. The van der Waals surface area contributed by atoms with Gasteiger partial charge in [-0.1, -0.05) is 121 Å². The molecule has 5 nitrogen and oxygen atoms in total. The highest BCUT2D eigenvalue weighted by Crippen LogP contribution is 2.32. The fourth-order valence-electron chi connectivity index (χ4n) is 5.04. The molecule has 0 aromatic heterocycles. The van der Waals surface area contributed by atoms with Crippen molar-refractivity contribution >= 4 is 17.3 Å². The van der Waals surface area contributed by atoms with Crippen LogP contribution in [0.25, 0.3) is 0 Å². The van der Waals surface area contributed by atoms with E-state index >= 15 is 0 Å². The summed E-state index contributed by atoms with van der Waals surface area (Å²) in [5, 5.41) is 2.88. The standard InChI is InChI=1S/C36H54F3NO4/c1-2-3-4-5-6-7-8-9-10-11-12-13-14-15-16-19-25-42-26-27-43-28-29-44-35(41)33-23-17-18-24-34(33)40-32-22-20-21-31(30-32)36(37,38)39/h17-18,20-24,30,40H,2-16,19,25-29H2,1H3. The number of hydrogen-bond acceptors (Lipinski definition) is 5. The molecule has 0 aliphatic rings. The summed E-state index contributed by atoms with van der Waals surface area (Å²) in [7, 11) is 0. The smallest absolute Gasteiger partial charge is 0.416 e. The van der Waals surface area contributed by atoms with Gasteiger partial charge in [-0.05, 0) is 36.8 Å². The summed E-state index contributed by atoms with van der Waals surface area (Å²) >= 11 is 0. The fourth-order valence-corrected chi connectivity index (χ4v) is 5.04. The molecule has 2 rings (SSSR count). The number of benzene rings is 2. The molecule has 8 heteroatoms. The van der Waals surface area contributed by atoms with Gasteiger partial charge in [0.2, 0.25) is 0 Å². The van der Waals surface area contributed by atoms with Crippen LogP contribution in [0.3, 0.4) is 0 Å². The number of nitrogens with one attached hydrogen (secondary N) is 1. The molecule has 0 atom stereocenters. The van der Waals surface area contributed by atoms with E-state index in [1.807, 2.05) is 0 Å². The Balaban J connectivity index is 1.42. The van der Waals surface area contributed by atoms with Crippen LogP contribution < -0.4 is 5.32 Å². The molecule has 1 N–H and O–H groups in total. The van der Waals surface area contributed by atoms with Gasteiger partial charge in [-0.15, -0.1) is 0 Å². The van der Waals surface area contributed by atoms with Crippen molar-refractivity contribution in [3.8, 4) is 0 Å². The summed E-state index contributed by atoms with van der Waals surface area (Å²) in [6, 6.07) is 11.4. The van der Waals surface area contributed by atoms with Gasteiger partial charge >= 0.3 is 12.1 Å². The second kappa shape index (κ2) is 23.8. The van der Waals surface area contributed by atoms with Crippen molar-refractivity contribution in [2.24, 2.45) is 0 Å². The number of para-hydroxylation sites is 1. The van der Waals surface area contributed by atoms with E-state index in [4.69, 9.17) is 14.2 Å². The Hall–Kier alpha value is -2.58. The maximum atomic E-state index is 13.0. The third-order valence-electron chi connectivity index (χ3n) is 7.59. The fraction of sp³-hybridized carbons (Fsp3) is 0.639. The van der Waals surface area contributed by atoms with E-state index in [0.717, 1.165) is 25.2 Å². The molecule has 2 aromatic rings. The minimum absolute atomic E-state index is 0.0653. The van der Waals surface area contributed by atoms with Crippen LogP contribution in [0.15, 0.2) is 48.5 Å². The number of esters is 1. The molecule has 0 fully saturated rings. The molecule has 0 radical (unpaired) electrons. The largest absolute Gasteiger partial charge is 0.460 e. The average molecular weight is 622 g/mol. The maximum Gasteiger partial charge on any atom is 0.416 e. The molecule has 0 saturated carbocycles. The zero-order valence-electron chi connectivity index (χ0n) is 26.7. The van der Waals surface area contributed by atoms with Crippen molar-refractivity contribution in [3.05, 3.63) is 59.7 Å². The minimum Gasteiger partial charge on any atom is -0.460 e. The highest BCUT2D eigenvalue weighted by atomic mass is 19.4. The first kappa shape index (κ1) is 37.6. The van der Waals surface area contributed by atoms with Crippen LogP contribution >= 0.6 is 0 Å². The van der Waals surface area contributed by atoms with E-state index in [2.05, 4.69) is 12.2 Å². The van der Waals surface area contributed by atoms with Crippen LogP contribution in [-0.2, 0) is 20.4 Å². The Morgan fingerprint density at radius 3 is 1.75 bits per heavy atom. The van der Waals surface area contributed by atoms with Crippen molar-refractivity contribution in [1.82, 2.24) is 0 Å². The number of rotatable bonds is 26. The average Bonchev–Trinajstić information content (AvgIpc) is 3.01. The second-order valence-corrected chi connectivity index (χ2v) is 11.4. The number of halogens is 3. The first-order valence-corrected chi connectivity index (χ1v) is 16.8. The van der Waals surface area contributed by atoms with Gasteiger partial charge in [0.15, 0.2) is 0 Å². The van der Waals surface area contributed by atoms with Crippen LogP contribution in [0, 0.1) is 0 Å². The van der Waals surface area contributed by atoms with Crippen molar-refractivity contribution in [2.45, 2.75) is 116 Å². The Morgan fingerprint density at radius 1 is 0.636 bits per heavy atom. The Labute approximate surface area is 263 Å². The van der Waals surface area contributed by atoms with E-state index in [-0.39, 0.29) is 24.5 Å². The quantitative estimate of drug-likeness (QED) is 0.0836. The van der Waals surface area contributed by atoms with Gasteiger partial charge in [-0.3, -0.25) is 0 Å². The molecule has 0 aliphatic heterocycles. The number of carbonyl (C=O) groups is 1. The summed E-state index contributed by atoms with van der Waals surface area (Å²) in [4.78, 5) is 12.6. The van der Waals surface area contributed by atoms with Crippen molar-refractivity contribution in [2.75, 3.05) is 38.4 Å². The number of ether oxygens (including phenoxy) is 3. The summed E-state index contributed by atoms with van der Waals surface area (Å²) < 4.78 is 55.5. The minimum atomic E-state index is -4.45. The van der Waals surface area contributed by atoms with Crippen LogP contribution in [-0.4, -0.2) is 39.0 Å². The van der Waals surface area contributed by atoms with Crippen molar-refractivity contribution < 1.29 is 32.2 Å². The monoisotopic (exact) mass is 621 g/mol. The molecule has 2 aromatic carbocycles. The molecule has 0 saturated heterocycles. The number of anilines is 2. The number of carbonyl (C=O) groups excluding carboxylic acids is 1. The molecule has 248 valence electrons. The highest BCUT2D eigenvalue weighted by Gasteiger charge is 2.30. The van der Waals surface area contributed by atoms with E-state index < -0.39 is 17.7 Å². The molecular formula is C36H54F3NO4. The van der Waals surface area contributed by atoms with Gasteiger partial charge in [0.1, 0.15) is 6.61 Å². The third kappa shape index (κ3) is 17.6. The lowest BCUT2D eigenvalue weighted by Gasteiger charge is -2.13. The third-order valence-corrected chi connectivity index (χ3v) is 7.59. The van der Waals surface area contributed by atoms with Gasteiger partial charge in [0.25, 0.3) is 0 Å². The molecule has 0 unspecified atom stereocenters. The number of unbranched alkanes of at least 4 members (excludes halogenated alkanes) is 15. The normalized spacial score (nSPS) is 11.5. The first-order chi connectivity index (χ1) is 21.4. The second-order valence-electron chi connectivity index (χ2n) is 11.4. The Kier molecular flexibility index (Phi) is 20.3. The molecule has 44 heavy (non-hydrogen) atoms. The van der Waals surface area contributed by atoms with Gasteiger partial charge in [-0.25, -0.2) is 4.79 Å². The van der Waals surface area contributed by atoms with Crippen LogP contribution in [0.4, 0.5) is 24.5 Å². The van der Waals surface area contributed by atoms with E-state index in [0.29, 0.717) is 18.9 Å². The lowest BCUT2D eigenvalue weighted by atomic mass is 10.0. The van der Waals surface area contributed by atoms with E-state index in [9.17, 15) is 18.0 Å². The molecule has 0 amide bonds. The SMILES string of the molecule is CCCCCCCCCCCCCCCCCCOCCOCCOC(=O)c1ccccc1Nc1cccc(C(F)(F)F)c1. The van der Waals surface area contributed by atoms with E-state index in [1.54, 1.807) is 24.3 Å². The zero-order chi connectivity index (χ0) is 31.7. The summed E-state index contributed by atoms with van der Waals surface area (Å²) in [5.41, 5.74) is 0.0454. The molecular weight excluding hydrogens is 567 g/mol. The van der Waals surface area contributed by atoms with Gasteiger partial charge in [0, 0.05) is 12.3 Å². The predicted molar refractivity (Wildman–Crippen MR) is 173 cm³/mol. The van der Waals surface area contributed by atoms with Gasteiger partial charge < -0.3 is 19.5 Å². The zero-order valence-corrected chi connectivity index (χ0v) is 26.7. The topological polar surface area (TPSA) is 56.8 Å². The summed E-state index contributed by atoms with van der Waals surface area (Å²) in [5.74, 6) is -0.580. The maximum absolute atomic E-state index is 13.0. The van der Waals surface area contributed by atoms with Crippen molar-refractivity contribution in [3.63, 3.8) is 0 Å². The molecule has 0 bridgehead atoms. The first-order valence-electron chi connectivity index (χ1n) is 16.8. The lowest BCUT2D eigenvalue weighted by Crippen LogP contribution is -2.14. The van der Waals surface area contributed by atoms with Gasteiger partial charge in [-0.2, -0.15) is 13.2 Å². The Bertz CT molecular complexity index is 1010.